The number of ether oxygens (including phenoxy) is 3. The Morgan fingerprint density at radius 1 is 1.10 bits per heavy atom. The molecule has 0 aliphatic heterocycles. The molecule has 0 N–H and O–H groups in total. The molecule has 0 unspecified atom stereocenters. The summed E-state index contributed by atoms with van der Waals surface area (Å²) in [6, 6.07) is 11.8. The van der Waals surface area contributed by atoms with E-state index in [1.54, 1.807) is 30.3 Å². The summed E-state index contributed by atoms with van der Waals surface area (Å²) in [6.07, 6.45) is 1.25. The zero-order valence-electron chi connectivity index (χ0n) is 16.8. The van der Waals surface area contributed by atoms with Crippen molar-refractivity contribution in [2.75, 3.05) is 20.8 Å². The Bertz CT molecular complexity index is 1350. The lowest BCUT2D eigenvalue weighted by Crippen LogP contribution is -2.26. The van der Waals surface area contributed by atoms with Gasteiger partial charge in [0.05, 0.1) is 26.1 Å². The second-order valence-corrected chi connectivity index (χ2v) is 6.60. The number of aromatic nitrogens is 2. The minimum absolute atomic E-state index is 0.0514. The molecular weight excluding hydrogens is 404 g/mol. The van der Waals surface area contributed by atoms with Crippen molar-refractivity contribution in [2.24, 2.45) is 0 Å². The molecule has 2 aromatic carbocycles. The van der Waals surface area contributed by atoms with Gasteiger partial charge in [-0.05, 0) is 24.3 Å². The fourth-order valence-corrected chi connectivity index (χ4v) is 3.17. The second kappa shape index (κ2) is 8.31. The van der Waals surface area contributed by atoms with Crippen molar-refractivity contribution in [1.82, 2.24) is 9.55 Å². The Labute approximate surface area is 175 Å². The molecule has 0 fully saturated rings. The van der Waals surface area contributed by atoms with Crippen molar-refractivity contribution < 1.29 is 28.2 Å². The minimum atomic E-state index is -0.764. The van der Waals surface area contributed by atoms with E-state index in [0.29, 0.717) is 28.0 Å². The lowest BCUT2D eigenvalue weighted by Gasteiger charge is -2.10. The molecule has 0 spiro atoms. The van der Waals surface area contributed by atoms with Gasteiger partial charge in [0, 0.05) is 11.5 Å². The highest BCUT2D eigenvalue weighted by atomic mass is 16.5. The highest BCUT2D eigenvalue weighted by Crippen LogP contribution is 2.25. The summed E-state index contributed by atoms with van der Waals surface area (Å²) >= 11 is 0. The third kappa shape index (κ3) is 3.85. The number of benzene rings is 2. The van der Waals surface area contributed by atoms with Crippen molar-refractivity contribution in [2.45, 2.75) is 6.54 Å². The molecule has 31 heavy (non-hydrogen) atoms. The summed E-state index contributed by atoms with van der Waals surface area (Å²) in [5, 5.41) is 0.711. The molecule has 158 valence electrons. The van der Waals surface area contributed by atoms with E-state index < -0.39 is 30.5 Å². The minimum Gasteiger partial charge on any atom is -0.497 e. The molecule has 2 aromatic heterocycles. The molecule has 0 amide bonds. The standard InChI is InChI=1S/C22H18N2O7/c1-28-13-7-8-14(18(9-13)29-2)16(25)11-30-19(26)10-24-12-23-20-15-5-3-4-6-17(15)31-21(20)22(24)27/h3-9,12H,10-11H2,1-2H3. The summed E-state index contributed by atoms with van der Waals surface area (Å²) in [5.41, 5.74) is 0.740. The largest absolute Gasteiger partial charge is 0.497 e. The quantitative estimate of drug-likeness (QED) is 0.330. The topological polar surface area (TPSA) is 110 Å². The van der Waals surface area contributed by atoms with Gasteiger partial charge in [0.15, 0.2) is 6.61 Å². The van der Waals surface area contributed by atoms with Gasteiger partial charge in [-0.15, -0.1) is 0 Å². The number of carbonyl (C=O) groups excluding carboxylic acids is 2. The van der Waals surface area contributed by atoms with Crippen molar-refractivity contribution >= 4 is 33.8 Å². The van der Waals surface area contributed by atoms with E-state index in [1.807, 2.05) is 6.07 Å². The molecule has 0 saturated carbocycles. The van der Waals surface area contributed by atoms with E-state index in [2.05, 4.69) is 4.98 Å². The fraction of sp³-hybridized carbons (Fsp3) is 0.182. The van der Waals surface area contributed by atoms with Crippen LogP contribution >= 0.6 is 0 Å². The van der Waals surface area contributed by atoms with Crippen molar-refractivity contribution in [3.05, 3.63) is 64.7 Å². The fourth-order valence-electron chi connectivity index (χ4n) is 3.17. The monoisotopic (exact) mass is 422 g/mol. The number of Topliss-reactive ketones (excluding diaryl/α,β-unsaturated/α-hetero) is 1. The van der Waals surface area contributed by atoms with E-state index >= 15 is 0 Å². The lowest BCUT2D eigenvalue weighted by molar-refractivity contribution is -0.143. The van der Waals surface area contributed by atoms with Crippen LogP contribution in [0.4, 0.5) is 0 Å². The number of hydrogen-bond donors (Lipinski definition) is 0. The number of methoxy groups -OCH3 is 2. The first kappa shape index (κ1) is 20.1. The van der Waals surface area contributed by atoms with Crippen LogP contribution in [0.2, 0.25) is 0 Å². The van der Waals surface area contributed by atoms with Gasteiger partial charge in [-0.1, -0.05) is 12.1 Å². The number of rotatable bonds is 7. The van der Waals surface area contributed by atoms with E-state index in [1.165, 1.54) is 26.6 Å². The van der Waals surface area contributed by atoms with Crippen molar-refractivity contribution in [3.63, 3.8) is 0 Å². The molecule has 2 heterocycles. The Balaban J connectivity index is 1.47. The molecule has 0 atom stereocenters. The second-order valence-electron chi connectivity index (χ2n) is 6.60. The molecular formula is C22H18N2O7. The molecule has 4 rings (SSSR count). The van der Waals surface area contributed by atoms with Crippen LogP contribution in [0.1, 0.15) is 10.4 Å². The Hall–Kier alpha value is -4.14. The zero-order valence-corrected chi connectivity index (χ0v) is 16.8. The summed E-state index contributed by atoms with van der Waals surface area (Å²) in [5.74, 6) is -0.388. The first-order valence-corrected chi connectivity index (χ1v) is 9.29. The average Bonchev–Trinajstić information content (AvgIpc) is 3.18. The number of carbonyl (C=O) groups is 2. The Kier molecular flexibility index (Phi) is 5.40. The highest BCUT2D eigenvalue weighted by Gasteiger charge is 2.18. The molecule has 0 aliphatic rings. The SMILES string of the molecule is COc1ccc(C(=O)COC(=O)Cn2cnc3c(oc4ccccc43)c2=O)c(OC)c1. The maximum absolute atomic E-state index is 12.7. The Morgan fingerprint density at radius 3 is 2.68 bits per heavy atom. The predicted octanol–water partition coefficient (Wildman–Crippen LogP) is 2.59. The van der Waals surface area contributed by atoms with Crippen LogP contribution in [0.25, 0.3) is 22.1 Å². The molecule has 9 nitrogen and oxygen atoms in total. The van der Waals surface area contributed by atoms with Crippen LogP contribution in [0.3, 0.4) is 0 Å². The average molecular weight is 422 g/mol. The van der Waals surface area contributed by atoms with Gasteiger partial charge in [0.2, 0.25) is 11.4 Å². The molecule has 0 radical (unpaired) electrons. The van der Waals surface area contributed by atoms with Gasteiger partial charge >= 0.3 is 5.97 Å². The van der Waals surface area contributed by atoms with Gasteiger partial charge in [-0.3, -0.25) is 19.0 Å². The predicted molar refractivity (Wildman–Crippen MR) is 111 cm³/mol. The van der Waals surface area contributed by atoms with Crippen molar-refractivity contribution in [1.29, 1.82) is 0 Å². The number of ketones is 1. The van der Waals surface area contributed by atoms with Gasteiger partial charge in [0.25, 0.3) is 5.56 Å². The highest BCUT2D eigenvalue weighted by molar-refractivity contribution is 6.02. The molecule has 9 heteroatoms. The van der Waals surface area contributed by atoms with Crippen molar-refractivity contribution in [3.8, 4) is 11.5 Å². The van der Waals surface area contributed by atoms with E-state index in [9.17, 15) is 14.4 Å². The number of fused-ring (bicyclic) bond motifs is 3. The normalized spacial score (nSPS) is 10.9. The lowest BCUT2D eigenvalue weighted by atomic mass is 10.1. The van der Waals surface area contributed by atoms with E-state index in [0.717, 1.165) is 4.57 Å². The third-order valence-electron chi connectivity index (χ3n) is 4.72. The summed E-state index contributed by atoms with van der Waals surface area (Å²) in [4.78, 5) is 41.5. The number of esters is 1. The van der Waals surface area contributed by atoms with E-state index in [-0.39, 0.29) is 11.1 Å². The van der Waals surface area contributed by atoms with Gasteiger partial charge in [-0.25, -0.2) is 4.98 Å². The number of hydrogen-bond acceptors (Lipinski definition) is 8. The molecule has 0 bridgehead atoms. The molecule has 4 aromatic rings. The number of para-hydroxylation sites is 1. The van der Waals surface area contributed by atoms with E-state index in [4.69, 9.17) is 18.6 Å². The van der Waals surface area contributed by atoms with Gasteiger partial charge in [-0.2, -0.15) is 0 Å². The first-order valence-electron chi connectivity index (χ1n) is 9.29. The maximum Gasteiger partial charge on any atom is 0.326 e. The van der Waals surface area contributed by atoms with Crippen LogP contribution in [0.5, 0.6) is 11.5 Å². The van der Waals surface area contributed by atoms with Crippen LogP contribution in [-0.4, -0.2) is 42.1 Å². The zero-order chi connectivity index (χ0) is 22.0. The van der Waals surface area contributed by atoms with Crippen LogP contribution in [0, 0.1) is 0 Å². The Morgan fingerprint density at radius 2 is 1.90 bits per heavy atom. The maximum atomic E-state index is 12.7. The third-order valence-corrected chi connectivity index (χ3v) is 4.72. The number of furan rings is 1. The molecule has 0 saturated heterocycles. The first-order chi connectivity index (χ1) is 15.0. The molecule has 0 aliphatic carbocycles. The smallest absolute Gasteiger partial charge is 0.326 e. The number of nitrogens with zero attached hydrogens (tertiary/aromatic N) is 2. The van der Waals surface area contributed by atoms with Crippen LogP contribution in [0.15, 0.2) is 58.0 Å². The van der Waals surface area contributed by atoms with Gasteiger partial charge < -0.3 is 18.6 Å². The summed E-state index contributed by atoms with van der Waals surface area (Å²) < 4.78 is 22.0. The summed E-state index contributed by atoms with van der Waals surface area (Å²) in [6.45, 7) is -0.914. The van der Waals surface area contributed by atoms with Crippen LogP contribution < -0.4 is 15.0 Å². The van der Waals surface area contributed by atoms with Crippen LogP contribution in [-0.2, 0) is 16.1 Å². The van der Waals surface area contributed by atoms with Gasteiger partial charge in [0.1, 0.15) is 29.1 Å². The summed E-state index contributed by atoms with van der Waals surface area (Å²) in [7, 11) is 2.92.